The van der Waals surface area contributed by atoms with Crippen LogP contribution < -0.4 is 0 Å². The summed E-state index contributed by atoms with van der Waals surface area (Å²) in [7, 11) is 0. The molecule has 3 heteroatoms. The highest BCUT2D eigenvalue weighted by Crippen LogP contribution is 2.13. The normalized spacial score (nSPS) is 12.2. The van der Waals surface area contributed by atoms with Crippen LogP contribution in [0.4, 0.5) is 0 Å². The quantitative estimate of drug-likeness (QED) is 0.781. The van der Waals surface area contributed by atoms with Crippen molar-refractivity contribution in [1.29, 1.82) is 0 Å². The molecule has 0 aromatic heterocycles. The monoisotopic (exact) mass is 270 g/mol. The van der Waals surface area contributed by atoms with Crippen LogP contribution in [0.15, 0.2) is 28.7 Å². The summed E-state index contributed by atoms with van der Waals surface area (Å²) in [5, 5.41) is 0. The summed E-state index contributed by atoms with van der Waals surface area (Å²) < 4.78 is 6.07. The minimum atomic E-state index is -0.253. The van der Waals surface area contributed by atoms with Crippen molar-refractivity contribution in [1.82, 2.24) is 0 Å². The van der Waals surface area contributed by atoms with Crippen molar-refractivity contribution in [2.75, 3.05) is 6.61 Å². The largest absolute Gasteiger partial charge is 0.462 e. The van der Waals surface area contributed by atoms with E-state index in [1.54, 1.807) is 12.1 Å². The second kappa shape index (κ2) is 5.91. The number of ether oxygens (including phenoxy) is 1. The number of hydrogen-bond acceptors (Lipinski definition) is 2. The van der Waals surface area contributed by atoms with Gasteiger partial charge in [-0.25, -0.2) is 4.79 Å². The Hall–Kier alpha value is -0.830. The number of hydrogen-bond donors (Lipinski definition) is 0. The minimum Gasteiger partial charge on any atom is -0.462 e. The molecule has 1 rings (SSSR count). The third kappa shape index (κ3) is 4.04. The van der Waals surface area contributed by atoms with Crippen molar-refractivity contribution >= 4 is 21.9 Å². The number of rotatable bonds is 4. The lowest BCUT2D eigenvalue weighted by atomic mass is 10.1. The Bertz CT molecular complexity index is 336. The molecule has 0 aliphatic carbocycles. The highest BCUT2D eigenvalue weighted by molar-refractivity contribution is 9.10. The predicted molar refractivity (Wildman–Crippen MR) is 63.9 cm³/mol. The van der Waals surface area contributed by atoms with Gasteiger partial charge in [0.05, 0.1) is 12.2 Å². The van der Waals surface area contributed by atoms with Gasteiger partial charge in [-0.05, 0) is 24.1 Å². The van der Waals surface area contributed by atoms with Gasteiger partial charge in [-0.2, -0.15) is 0 Å². The fourth-order valence-electron chi connectivity index (χ4n) is 1.03. The van der Waals surface area contributed by atoms with Crippen molar-refractivity contribution in [2.45, 2.75) is 20.3 Å². The van der Waals surface area contributed by atoms with Crippen LogP contribution in [0.25, 0.3) is 0 Å². The Morgan fingerprint density at radius 1 is 1.53 bits per heavy atom. The van der Waals surface area contributed by atoms with Crippen molar-refractivity contribution in [3.05, 3.63) is 34.3 Å². The summed E-state index contributed by atoms with van der Waals surface area (Å²) in [6.07, 6.45) is 1.02. The van der Waals surface area contributed by atoms with E-state index in [0.717, 1.165) is 10.9 Å². The Labute approximate surface area is 98.8 Å². The maximum atomic E-state index is 11.6. The van der Waals surface area contributed by atoms with Crippen LogP contribution in [0.3, 0.4) is 0 Å². The van der Waals surface area contributed by atoms with Crippen LogP contribution in [0, 0.1) is 5.92 Å². The van der Waals surface area contributed by atoms with Gasteiger partial charge in [-0.15, -0.1) is 0 Å². The second-order valence-corrected chi connectivity index (χ2v) is 4.54. The molecule has 1 aromatic carbocycles. The van der Waals surface area contributed by atoms with Crippen molar-refractivity contribution in [3.8, 4) is 0 Å². The topological polar surface area (TPSA) is 26.3 Å². The van der Waals surface area contributed by atoms with Gasteiger partial charge in [0.2, 0.25) is 0 Å². The number of esters is 1. The van der Waals surface area contributed by atoms with Crippen molar-refractivity contribution in [3.63, 3.8) is 0 Å². The average Bonchev–Trinajstić information content (AvgIpc) is 2.25. The van der Waals surface area contributed by atoms with Crippen LogP contribution in [-0.2, 0) is 4.74 Å². The summed E-state index contributed by atoms with van der Waals surface area (Å²) in [4.78, 5) is 11.6. The molecule has 1 aromatic rings. The molecule has 0 aliphatic heterocycles. The summed E-state index contributed by atoms with van der Waals surface area (Å²) in [5.41, 5.74) is 0.590. The first kappa shape index (κ1) is 12.2. The molecule has 0 amide bonds. The van der Waals surface area contributed by atoms with E-state index in [-0.39, 0.29) is 5.97 Å². The van der Waals surface area contributed by atoms with Gasteiger partial charge in [-0.3, -0.25) is 0 Å². The Kier molecular flexibility index (Phi) is 4.82. The zero-order valence-corrected chi connectivity index (χ0v) is 10.6. The van der Waals surface area contributed by atoms with Crippen molar-refractivity contribution < 1.29 is 9.53 Å². The number of carbonyl (C=O) groups excluding carboxylic acids is 1. The molecule has 0 heterocycles. The predicted octanol–water partition coefficient (Wildman–Crippen LogP) is 3.65. The van der Waals surface area contributed by atoms with E-state index < -0.39 is 0 Å². The standard InChI is InChI=1S/C12H15BrO2/c1-3-9(2)8-15-12(14)10-5-4-6-11(13)7-10/h4-7,9H,3,8H2,1-2H3/t9-/m0/s1. The molecule has 0 spiro atoms. The van der Waals surface area contributed by atoms with Crippen LogP contribution in [0.1, 0.15) is 30.6 Å². The van der Waals surface area contributed by atoms with Gasteiger partial charge in [0, 0.05) is 4.47 Å². The molecule has 15 heavy (non-hydrogen) atoms. The Morgan fingerprint density at radius 2 is 2.27 bits per heavy atom. The third-order valence-electron chi connectivity index (χ3n) is 2.26. The van der Waals surface area contributed by atoms with E-state index in [1.165, 1.54) is 0 Å². The zero-order valence-electron chi connectivity index (χ0n) is 9.00. The van der Waals surface area contributed by atoms with Crippen LogP contribution in [-0.4, -0.2) is 12.6 Å². The maximum Gasteiger partial charge on any atom is 0.338 e. The second-order valence-electron chi connectivity index (χ2n) is 3.62. The summed E-state index contributed by atoms with van der Waals surface area (Å²) in [5.74, 6) is 0.165. The maximum absolute atomic E-state index is 11.6. The molecule has 0 saturated carbocycles. The lowest BCUT2D eigenvalue weighted by molar-refractivity contribution is 0.0447. The minimum absolute atomic E-state index is 0.253. The smallest absolute Gasteiger partial charge is 0.338 e. The molecule has 0 bridgehead atoms. The highest BCUT2D eigenvalue weighted by atomic mass is 79.9. The highest BCUT2D eigenvalue weighted by Gasteiger charge is 2.08. The third-order valence-corrected chi connectivity index (χ3v) is 2.75. The fraction of sp³-hybridized carbons (Fsp3) is 0.417. The number of carbonyl (C=O) groups is 1. The molecule has 0 saturated heterocycles. The van der Waals surface area contributed by atoms with E-state index in [0.29, 0.717) is 18.1 Å². The molecule has 0 fully saturated rings. The lowest BCUT2D eigenvalue weighted by Crippen LogP contribution is -2.11. The molecule has 1 atom stereocenters. The number of benzene rings is 1. The van der Waals surface area contributed by atoms with E-state index in [4.69, 9.17) is 4.74 Å². The molecule has 2 nitrogen and oxygen atoms in total. The van der Waals surface area contributed by atoms with Gasteiger partial charge in [-0.1, -0.05) is 42.3 Å². The first-order chi connectivity index (χ1) is 7.13. The SMILES string of the molecule is CC[C@H](C)COC(=O)c1cccc(Br)c1. The zero-order chi connectivity index (χ0) is 11.3. The molecule has 0 N–H and O–H groups in total. The van der Waals surface area contributed by atoms with Gasteiger partial charge in [0.15, 0.2) is 0 Å². The van der Waals surface area contributed by atoms with Gasteiger partial charge >= 0.3 is 5.97 Å². The van der Waals surface area contributed by atoms with E-state index in [9.17, 15) is 4.79 Å². The van der Waals surface area contributed by atoms with Crippen LogP contribution >= 0.6 is 15.9 Å². The van der Waals surface area contributed by atoms with Crippen LogP contribution in [0.2, 0.25) is 0 Å². The molecule has 0 aliphatic rings. The molecule has 0 radical (unpaired) electrons. The number of halogens is 1. The first-order valence-corrected chi connectivity index (χ1v) is 5.85. The summed E-state index contributed by atoms with van der Waals surface area (Å²) in [6, 6.07) is 7.22. The summed E-state index contributed by atoms with van der Waals surface area (Å²) >= 11 is 3.32. The van der Waals surface area contributed by atoms with Gasteiger partial charge in [0.1, 0.15) is 0 Å². The molecular formula is C12H15BrO2. The van der Waals surface area contributed by atoms with Crippen LogP contribution in [0.5, 0.6) is 0 Å². The molecule has 0 unspecified atom stereocenters. The van der Waals surface area contributed by atoms with Gasteiger partial charge < -0.3 is 4.74 Å². The van der Waals surface area contributed by atoms with Gasteiger partial charge in [0.25, 0.3) is 0 Å². The van der Waals surface area contributed by atoms with E-state index >= 15 is 0 Å². The Morgan fingerprint density at radius 3 is 2.87 bits per heavy atom. The Balaban J connectivity index is 2.54. The molecule has 82 valence electrons. The molecular weight excluding hydrogens is 256 g/mol. The fourth-order valence-corrected chi connectivity index (χ4v) is 1.43. The lowest BCUT2D eigenvalue weighted by Gasteiger charge is -2.09. The van der Waals surface area contributed by atoms with E-state index in [1.807, 2.05) is 12.1 Å². The average molecular weight is 271 g/mol. The van der Waals surface area contributed by atoms with E-state index in [2.05, 4.69) is 29.8 Å². The summed E-state index contributed by atoms with van der Waals surface area (Å²) in [6.45, 7) is 4.63. The first-order valence-electron chi connectivity index (χ1n) is 5.06. The van der Waals surface area contributed by atoms with Crippen molar-refractivity contribution in [2.24, 2.45) is 5.92 Å².